The summed E-state index contributed by atoms with van der Waals surface area (Å²) in [4.78, 5) is 12.3. The van der Waals surface area contributed by atoms with Crippen LogP contribution in [0.3, 0.4) is 0 Å². The number of hydrogen-bond donors (Lipinski definition) is 0. The summed E-state index contributed by atoms with van der Waals surface area (Å²) in [5.74, 6) is -1.19. The van der Waals surface area contributed by atoms with Gasteiger partial charge in [-0.3, -0.25) is 4.79 Å². The predicted octanol–water partition coefficient (Wildman–Crippen LogP) is 5.62. The summed E-state index contributed by atoms with van der Waals surface area (Å²) >= 11 is 0. The summed E-state index contributed by atoms with van der Waals surface area (Å²) in [5.41, 5.74) is -3.92. The Balaban J connectivity index is 2.32. The van der Waals surface area contributed by atoms with Gasteiger partial charge in [0.05, 0.1) is 5.56 Å². The average molecular weight is 428 g/mol. The molecule has 4 nitrogen and oxygen atoms in total. The van der Waals surface area contributed by atoms with Crippen LogP contribution in [0.2, 0.25) is 0 Å². The molecular formula is C21H23F3O4S. The first-order chi connectivity index (χ1) is 13.1. The van der Waals surface area contributed by atoms with Crippen molar-refractivity contribution in [1.82, 2.24) is 0 Å². The molecular weight excluding hydrogens is 405 g/mol. The molecule has 3 rings (SSSR count). The topological polar surface area (TPSA) is 60.4 Å². The number of halogens is 3. The van der Waals surface area contributed by atoms with Crippen LogP contribution < -0.4 is 4.18 Å². The molecule has 0 amide bonds. The molecule has 158 valence electrons. The molecule has 0 N–H and O–H groups in total. The van der Waals surface area contributed by atoms with Gasteiger partial charge in [-0.05, 0) is 64.6 Å². The number of hydrogen-bond acceptors (Lipinski definition) is 4. The van der Waals surface area contributed by atoms with E-state index in [-0.39, 0.29) is 16.4 Å². The molecule has 0 unspecified atom stereocenters. The highest BCUT2D eigenvalue weighted by atomic mass is 32.2. The Hall–Kier alpha value is -2.09. The summed E-state index contributed by atoms with van der Waals surface area (Å²) in [6, 6.07) is 6.34. The zero-order valence-corrected chi connectivity index (χ0v) is 17.7. The van der Waals surface area contributed by atoms with E-state index in [2.05, 4.69) is 31.9 Å². The van der Waals surface area contributed by atoms with Crippen LogP contribution in [0.1, 0.15) is 68.9 Å². The number of carbonyl (C=O) groups is 1. The smallest absolute Gasteiger partial charge is 0.375 e. The second kappa shape index (κ2) is 6.45. The minimum absolute atomic E-state index is 0.0930. The Bertz CT molecular complexity index is 1110. The molecule has 2 aromatic rings. The maximum Gasteiger partial charge on any atom is 0.534 e. The number of fused-ring (bicyclic) bond motifs is 2. The van der Waals surface area contributed by atoms with Gasteiger partial charge in [-0.15, -0.1) is 0 Å². The van der Waals surface area contributed by atoms with E-state index in [1.54, 1.807) is 6.07 Å². The molecule has 1 aliphatic carbocycles. The van der Waals surface area contributed by atoms with Crippen molar-refractivity contribution in [1.29, 1.82) is 0 Å². The third-order valence-corrected chi connectivity index (χ3v) is 6.75. The van der Waals surface area contributed by atoms with E-state index in [9.17, 15) is 26.4 Å². The Morgan fingerprint density at radius 1 is 1.00 bits per heavy atom. The normalized spacial score (nSPS) is 18.3. The largest absolute Gasteiger partial charge is 0.534 e. The van der Waals surface area contributed by atoms with Gasteiger partial charge in [0.1, 0.15) is 0 Å². The molecule has 1 aliphatic rings. The van der Waals surface area contributed by atoms with Gasteiger partial charge in [0.25, 0.3) is 0 Å². The summed E-state index contributed by atoms with van der Waals surface area (Å²) in [7, 11) is -5.89. The fourth-order valence-corrected chi connectivity index (χ4v) is 4.43. The SMILES string of the molecule is CC(=O)c1c(OS(=O)(=O)C(F)(F)F)ccc2cc3c(cc12)C(C)(C)CCC3(C)C. The Morgan fingerprint density at radius 3 is 2.00 bits per heavy atom. The second-order valence-electron chi connectivity index (χ2n) is 8.86. The Kier molecular flexibility index (Phi) is 4.81. The van der Waals surface area contributed by atoms with Crippen LogP contribution in [0.25, 0.3) is 10.8 Å². The van der Waals surface area contributed by atoms with Gasteiger partial charge in [-0.1, -0.05) is 39.8 Å². The van der Waals surface area contributed by atoms with Crippen LogP contribution in [0, 0.1) is 0 Å². The number of ketones is 1. The average Bonchev–Trinajstić information content (AvgIpc) is 2.56. The fraction of sp³-hybridized carbons (Fsp3) is 0.476. The van der Waals surface area contributed by atoms with Crippen molar-refractivity contribution < 1.29 is 30.6 Å². The molecule has 29 heavy (non-hydrogen) atoms. The molecule has 0 bridgehead atoms. The molecule has 0 aliphatic heterocycles. The van der Waals surface area contributed by atoms with Crippen molar-refractivity contribution in [3.05, 3.63) is 41.0 Å². The zero-order chi connectivity index (χ0) is 22.0. The summed E-state index contributed by atoms with van der Waals surface area (Å²) < 4.78 is 65.7. The number of benzene rings is 2. The maximum absolute atomic E-state index is 12.8. The first-order valence-corrected chi connectivity index (χ1v) is 10.6. The summed E-state index contributed by atoms with van der Waals surface area (Å²) in [5, 5.41) is 1.04. The second-order valence-corrected chi connectivity index (χ2v) is 10.4. The van der Waals surface area contributed by atoms with Crippen LogP contribution in [0.15, 0.2) is 24.3 Å². The first-order valence-electron chi connectivity index (χ1n) is 9.20. The van der Waals surface area contributed by atoms with Gasteiger partial charge in [0, 0.05) is 0 Å². The highest BCUT2D eigenvalue weighted by Crippen LogP contribution is 2.48. The third kappa shape index (κ3) is 3.63. The van der Waals surface area contributed by atoms with E-state index in [1.807, 2.05) is 6.07 Å². The van der Waals surface area contributed by atoms with E-state index in [0.717, 1.165) is 30.0 Å². The van der Waals surface area contributed by atoms with Crippen LogP contribution >= 0.6 is 0 Å². The van der Waals surface area contributed by atoms with Gasteiger partial charge < -0.3 is 4.18 Å². The molecule has 0 saturated heterocycles. The molecule has 0 heterocycles. The number of carbonyl (C=O) groups excluding carboxylic acids is 1. The van der Waals surface area contributed by atoms with E-state index in [1.165, 1.54) is 13.0 Å². The van der Waals surface area contributed by atoms with Gasteiger partial charge in [0.2, 0.25) is 0 Å². The quantitative estimate of drug-likeness (QED) is 0.362. The highest BCUT2D eigenvalue weighted by Gasteiger charge is 2.49. The molecule has 0 spiro atoms. The molecule has 2 aromatic carbocycles. The van der Waals surface area contributed by atoms with Crippen molar-refractivity contribution in [2.75, 3.05) is 0 Å². The van der Waals surface area contributed by atoms with Crippen molar-refractivity contribution in [2.45, 2.75) is 63.8 Å². The van der Waals surface area contributed by atoms with E-state index in [4.69, 9.17) is 0 Å². The molecule has 0 radical (unpaired) electrons. The Morgan fingerprint density at radius 2 is 1.52 bits per heavy atom. The minimum atomic E-state index is -5.89. The fourth-order valence-electron chi connectivity index (χ4n) is 3.96. The standard InChI is InChI=1S/C21H23F3O4S/c1-12(25)18-14-11-16-15(19(2,3)8-9-20(16,4)5)10-13(14)6-7-17(18)28-29(26,27)21(22,23)24/h6-7,10-11H,8-9H2,1-5H3. The lowest BCUT2D eigenvalue weighted by Crippen LogP contribution is -2.33. The van der Waals surface area contributed by atoms with E-state index in [0.29, 0.717) is 10.8 Å². The third-order valence-electron chi connectivity index (χ3n) is 5.79. The highest BCUT2D eigenvalue weighted by molar-refractivity contribution is 7.88. The van der Waals surface area contributed by atoms with Crippen molar-refractivity contribution in [2.24, 2.45) is 0 Å². The number of alkyl halides is 3. The minimum Gasteiger partial charge on any atom is -0.375 e. The van der Waals surface area contributed by atoms with Crippen LogP contribution in [0.5, 0.6) is 5.75 Å². The lowest BCUT2D eigenvalue weighted by molar-refractivity contribution is -0.0500. The van der Waals surface area contributed by atoms with Gasteiger partial charge in [-0.25, -0.2) is 0 Å². The molecule has 0 atom stereocenters. The van der Waals surface area contributed by atoms with Crippen molar-refractivity contribution >= 4 is 26.7 Å². The predicted molar refractivity (Wildman–Crippen MR) is 105 cm³/mol. The van der Waals surface area contributed by atoms with Crippen LogP contribution in [-0.4, -0.2) is 19.7 Å². The molecule has 8 heteroatoms. The summed E-state index contributed by atoms with van der Waals surface area (Å²) in [6.07, 6.45) is 1.88. The van der Waals surface area contributed by atoms with E-state index >= 15 is 0 Å². The van der Waals surface area contributed by atoms with Crippen LogP contribution in [0.4, 0.5) is 13.2 Å². The lowest BCUT2D eigenvalue weighted by atomic mass is 9.62. The monoisotopic (exact) mass is 428 g/mol. The molecule has 0 aromatic heterocycles. The number of rotatable bonds is 3. The van der Waals surface area contributed by atoms with Gasteiger partial charge >= 0.3 is 15.6 Å². The van der Waals surface area contributed by atoms with Crippen LogP contribution in [-0.2, 0) is 20.9 Å². The first kappa shape index (κ1) is 21.6. The molecule has 0 fully saturated rings. The lowest BCUT2D eigenvalue weighted by Gasteiger charge is -2.42. The van der Waals surface area contributed by atoms with Crippen molar-refractivity contribution in [3.63, 3.8) is 0 Å². The van der Waals surface area contributed by atoms with Crippen molar-refractivity contribution in [3.8, 4) is 5.75 Å². The van der Waals surface area contributed by atoms with Gasteiger partial charge in [-0.2, -0.15) is 21.6 Å². The molecule has 0 saturated carbocycles. The number of Topliss-reactive ketones (excluding diaryl/α,β-unsaturated/α-hetero) is 1. The zero-order valence-electron chi connectivity index (χ0n) is 16.9. The summed E-state index contributed by atoms with van der Waals surface area (Å²) in [6.45, 7) is 9.60. The van der Waals surface area contributed by atoms with E-state index < -0.39 is 27.2 Å². The van der Waals surface area contributed by atoms with Gasteiger partial charge in [0.15, 0.2) is 11.5 Å². The Labute approximate surface area is 168 Å². The maximum atomic E-state index is 12.8.